The average Bonchev–Trinajstić information content (AvgIpc) is 2.66. The van der Waals surface area contributed by atoms with Crippen LogP contribution in [0.2, 0.25) is 0 Å². The maximum atomic E-state index is 12.6. The third kappa shape index (κ3) is 4.58. The molecule has 1 heterocycles. The first-order chi connectivity index (χ1) is 10.0. The van der Waals surface area contributed by atoms with Crippen molar-refractivity contribution in [3.63, 3.8) is 0 Å². The van der Waals surface area contributed by atoms with Crippen LogP contribution in [0, 0.1) is 5.92 Å². The predicted octanol–water partition coefficient (Wildman–Crippen LogP) is 2.24. The van der Waals surface area contributed by atoms with Gasteiger partial charge in [-0.3, -0.25) is 4.79 Å². The smallest absolute Gasteiger partial charge is 0.406 e. The largest absolute Gasteiger partial charge is 0.573 e. The van der Waals surface area contributed by atoms with E-state index < -0.39 is 39.9 Å². The van der Waals surface area contributed by atoms with Crippen LogP contribution in [0.5, 0.6) is 5.75 Å². The van der Waals surface area contributed by atoms with Crippen LogP contribution < -0.4 is 9.64 Å². The first-order valence-electron chi connectivity index (χ1n) is 6.12. The lowest BCUT2D eigenvalue weighted by Gasteiger charge is -2.17. The molecule has 1 aromatic rings. The zero-order valence-electron chi connectivity index (χ0n) is 11.0. The quantitative estimate of drug-likeness (QED) is 0.622. The summed E-state index contributed by atoms with van der Waals surface area (Å²) in [6.07, 6.45) is -4.95. The Morgan fingerprint density at radius 3 is 2.32 bits per heavy atom. The topological polar surface area (TPSA) is 63.7 Å². The van der Waals surface area contributed by atoms with Crippen molar-refractivity contribution in [1.29, 1.82) is 0 Å². The number of benzene rings is 1. The molecule has 0 bridgehead atoms. The van der Waals surface area contributed by atoms with Gasteiger partial charge in [0.15, 0.2) is 0 Å². The second kappa shape index (κ2) is 5.75. The molecule has 1 aromatic carbocycles. The molecule has 0 radical (unpaired) electrons. The summed E-state index contributed by atoms with van der Waals surface area (Å²) < 4.78 is 73.6. The van der Waals surface area contributed by atoms with Gasteiger partial charge in [-0.05, 0) is 24.3 Å². The minimum atomic E-state index is -4.81. The van der Waals surface area contributed by atoms with Gasteiger partial charge < -0.3 is 9.64 Å². The van der Waals surface area contributed by atoms with Crippen molar-refractivity contribution in [2.45, 2.75) is 12.8 Å². The average molecular weight is 341 g/mol. The van der Waals surface area contributed by atoms with Gasteiger partial charge in [0.2, 0.25) is 5.91 Å². The molecule has 0 saturated carbocycles. The number of carbonyl (C=O) groups is 1. The van der Waals surface area contributed by atoms with Gasteiger partial charge in [-0.15, -0.1) is 17.1 Å². The SMILES string of the molecule is O=C1CC(CS(=O)(=O)F)CN1c1ccc(OC(F)(F)F)cc1. The van der Waals surface area contributed by atoms with Crippen LogP contribution in [0.1, 0.15) is 6.42 Å². The molecule has 0 spiro atoms. The first-order valence-corrected chi connectivity index (χ1v) is 7.67. The normalized spacial score (nSPS) is 19.5. The Bertz CT molecular complexity index is 657. The lowest BCUT2D eigenvalue weighted by atomic mass is 10.1. The van der Waals surface area contributed by atoms with Crippen LogP contribution in [0.15, 0.2) is 24.3 Å². The van der Waals surface area contributed by atoms with E-state index in [1.165, 1.54) is 17.0 Å². The molecule has 1 saturated heterocycles. The summed E-state index contributed by atoms with van der Waals surface area (Å²) in [5.41, 5.74) is 0.290. The van der Waals surface area contributed by atoms with E-state index in [9.17, 15) is 30.3 Å². The maximum Gasteiger partial charge on any atom is 0.573 e. The van der Waals surface area contributed by atoms with E-state index in [4.69, 9.17) is 0 Å². The Morgan fingerprint density at radius 1 is 1.23 bits per heavy atom. The van der Waals surface area contributed by atoms with Gasteiger partial charge in [-0.25, -0.2) is 0 Å². The Labute approximate surface area is 123 Å². The van der Waals surface area contributed by atoms with E-state index in [1.54, 1.807) is 0 Å². The molecule has 5 nitrogen and oxygen atoms in total. The number of hydrogen-bond acceptors (Lipinski definition) is 4. The molecule has 1 amide bonds. The monoisotopic (exact) mass is 341 g/mol. The van der Waals surface area contributed by atoms with Crippen molar-refractivity contribution in [3.05, 3.63) is 24.3 Å². The van der Waals surface area contributed by atoms with Crippen LogP contribution >= 0.6 is 0 Å². The van der Waals surface area contributed by atoms with Crippen LogP contribution in [-0.4, -0.2) is 33.0 Å². The standard InChI is InChI=1S/C12H11F4NO4S/c13-12(14,15)21-10-3-1-9(2-4-10)17-6-8(5-11(17)18)7-22(16,19)20/h1-4,8H,5-7H2. The lowest BCUT2D eigenvalue weighted by molar-refractivity contribution is -0.274. The van der Waals surface area contributed by atoms with Crippen molar-refractivity contribution in [1.82, 2.24) is 0 Å². The Kier molecular flexibility index (Phi) is 4.32. The third-order valence-corrected chi connectivity index (χ3v) is 3.89. The zero-order valence-corrected chi connectivity index (χ0v) is 11.8. The molecule has 22 heavy (non-hydrogen) atoms. The molecular weight excluding hydrogens is 330 g/mol. The van der Waals surface area contributed by atoms with Crippen molar-refractivity contribution in [2.24, 2.45) is 5.92 Å². The van der Waals surface area contributed by atoms with Crippen LogP contribution in [0.3, 0.4) is 0 Å². The molecule has 10 heteroatoms. The molecule has 0 aliphatic carbocycles. The molecule has 1 unspecified atom stereocenters. The summed E-state index contributed by atoms with van der Waals surface area (Å²) in [6, 6.07) is 4.56. The van der Waals surface area contributed by atoms with Crippen molar-refractivity contribution < 1.29 is 35.0 Å². The highest BCUT2D eigenvalue weighted by Gasteiger charge is 2.34. The van der Waals surface area contributed by atoms with E-state index in [-0.39, 0.29) is 13.0 Å². The fourth-order valence-corrected chi connectivity index (χ4v) is 3.04. The number of nitrogens with zero attached hydrogens (tertiary/aromatic N) is 1. The summed E-state index contributed by atoms with van der Waals surface area (Å²) in [5.74, 6) is -2.30. The highest BCUT2D eigenvalue weighted by Crippen LogP contribution is 2.29. The number of amides is 1. The van der Waals surface area contributed by atoms with Gasteiger partial charge in [0.25, 0.3) is 0 Å². The molecule has 0 N–H and O–H groups in total. The van der Waals surface area contributed by atoms with Gasteiger partial charge in [-0.2, -0.15) is 8.42 Å². The van der Waals surface area contributed by atoms with Gasteiger partial charge in [0, 0.05) is 24.6 Å². The summed E-state index contributed by atoms with van der Waals surface area (Å²) in [6.45, 7) is -0.0124. The van der Waals surface area contributed by atoms with E-state index in [0.717, 1.165) is 12.1 Å². The number of rotatable bonds is 4. The second-order valence-electron chi connectivity index (χ2n) is 4.82. The third-order valence-electron chi connectivity index (χ3n) is 3.02. The molecular formula is C12H11F4NO4S. The van der Waals surface area contributed by atoms with E-state index in [1.807, 2.05) is 0 Å². The van der Waals surface area contributed by atoms with Crippen molar-refractivity contribution in [3.8, 4) is 5.75 Å². The number of alkyl halides is 3. The predicted molar refractivity (Wildman–Crippen MR) is 68.5 cm³/mol. The first kappa shape index (κ1) is 16.5. The van der Waals surface area contributed by atoms with Crippen LogP contribution in [0.4, 0.5) is 22.7 Å². The number of ether oxygens (including phenoxy) is 1. The number of carbonyl (C=O) groups excluding carboxylic acids is 1. The number of anilines is 1. The van der Waals surface area contributed by atoms with Gasteiger partial charge >= 0.3 is 16.6 Å². The Balaban J connectivity index is 2.07. The Morgan fingerprint density at radius 2 is 1.82 bits per heavy atom. The summed E-state index contributed by atoms with van der Waals surface area (Å²) in [7, 11) is -4.69. The molecule has 122 valence electrons. The summed E-state index contributed by atoms with van der Waals surface area (Å²) in [4.78, 5) is 13.0. The highest BCUT2D eigenvalue weighted by molar-refractivity contribution is 7.86. The summed E-state index contributed by atoms with van der Waals surface area (Å²) >= 11 is 0. The van der Waals surface area contributed by atoms with E-state index in [0.29, 0.717) is 5.69 Å². The Hall–Kier alpha value is -1.84. The van der Waals surface area contributed by atoms with E-state index in [2.05, 4.69) is 4.74 Å². The molecule has 2 rings (SSSR count). The fourth-order valence-electron chi connectivity index (χ4n) is 2.25. The minimum absolute atomic E-state index is 0.0124. The molecule has 1 fully saturated rings. The second-order valence-corrected chi connectivity index (χ2v) is 6.23. The molecule has 1 aliphatic rings. The van der Waals surface area contributed by atoms with Crippen molar-refractivity contribution in [2.75, 3.05) is 17.2 Å². The maximum absolute atomic E-state index is 12.6. The minimum Gasteiger partial charge on any atom is -0.406 e. The van der Waals surface area contributed by atoms with Crippen molar-refractivity contribution >= 4 is 21.8 Å². The number of halogens is 4. The molecule has 0 aromatic heterocycles. The zero-order chi connectivity index (χ0) is 16.5. The van der Waals surface area contributed by atoms with Gasteiger partial charge in [-0.1, -0.05) is 0 Å². The van der Waals surface area contributed by atoms with E-state index >= 15 is 0 Å². The van der Waals surface area contributed by atoms with Crippen LogP contribution in [-0.2, 0) is 15.0 Å². The van der Waals surface area contributed by atoms with Gasteiger partial charge in [0.05, 0.1) is 5.75 Å². The van der Waals surface area contributed by atoms with Crippen LogP contribution in [0.25, 0.3) is 0 Å². The number of hydrogen-bond donors (Lipinski definition) is 0. The highest BCUT2D eigenvalue weighted by atomic mass is 32.3. The lowest BCUT2D eigenvalue weighted by Crippen LogP contribution is -2.25. The summed E-state index contributed by atoms with van der Waals surface area (Å²) in [5, 5.41) is 0. The molecule has 1 aliphatic heterocycles. The molecule has 1 atom stereocenters. The fraction of sp³-hybridized carbons (Fsp3) is 0.417. The van der Waals surface area contributed by atoms with Gasteiger partial charge in [0.1, 0.15) is 5.75 Å².